The van der Waals surface area contributed by atoms with Crippen molar-refractivity contribution >= 4 is 16.7 Å². The van der Waals surface area contributed by atoms with Crippen molar-refractivity contribution in [3.63, 3.8) is 0 Å². The number of rotatable bonds is 4. The van der Waals surface area contributed by atoms with Gasteiger partial charge in [0.25, 0.3) is 0 Å². The predicted octanol–water partition coefficient (Wildman–Crippen LogP) is 2.73. The standard InChI is InChI=1S/C18H23N3O/c1-18(2,21-16(22)12-14-7-5-10-19-14)17-15-8-4-3-6-13(15)9-11-20-17/h3-4,6,8-9,11,14,19H,5,7,10,12H2,1-2H3,(H,21,22)/t14-/m1/s1. The van der Waals surface area contributed by atoms with E-state index in [-0.39, 0.29) is 5.91 Å². The number of hydrogen-bond donors (Lipinski definition) is 2. The molecular weight excluding hydrogens is 274 g/mol. The molecule has 1 fully saturated rings. The van der Waals surface area contributed by atoms with Crippen molar-refractivity contribution in [2.24, 2.45) is 0 Å². The molecule has 1 saturated heterocycles. The molecule has 116 valence electrons. The molecule has 0 bridgehead atoms. The molecule has 1 aliphatic rings. The molecule has 4 nitrogen and oxygen atoms in total. The fraction of sp³-hybridized carbons (Fsp3) is 0.444. The van der Waals surface area contributed by atoms with E-state index in [1.54, 1.807) is 0 Å². The molecule has 0 saturated carbocycles. The van der Waals surface area contributed by atoms with Gasteiger partial charge in [0.2, 0.25) is 5.91 Å². The van der Waals surface area contributed by atoms with Crippen molar-refractivity contribution in [2.75, 3.05) is 6.54 Å². The van der Waals surface area contributed by atoms with E-state index in [2.05, 4.69) is 27.8 Å². The van der Waals surface area contributed by atoms with Gasteiger partial charge in [-0.05, 0) is 44.7 Å². The summed E-state index contributed by atoms with van der Waals surface area (Å²) in [4.78, 5) is 16.9. The molecule has 3 rings (SSSR count). The third-order valence-corrected chi connectivity index (χ3v) is 4.31. The van der Waals surface area contributed by atoms with Crippen molar-refractivity contribution in [1.29, 1.82) is 0 Å². The zero-order valence-electron chi connectivity index (χ0n) is 13.2. The van der Waals surface area contributed by atoms with E-state index < -0.39 is 5.54 Å². The Morgan fingerprint density at radius 1 is 1.36 bits per heavy atom. The van der Waals surface area contributed by atoms with Crippen LogP contribution in [0.2, 0.25) is 0 Å². The van der Waals surface area contributed by atoms with Crippen LogP contribution in [0.15, 0.2) is 36.5 Å². The number of aromatic nitrogens is 1. The highest BCUT2D eigenvalue weighted by atomic mass is 16.1. The quantitative estimate of drug-likeness (QED) is 0.912. The van der Waals surface area contributed by atoms with E-state index in [0.29, 0.717) is 12.5 Å². The average molecular weight is 297 g/mol. The molecule has 0 radical (unpaired) electrons. The van der Waals surface area contributed by atoms with Gasteiger partial charge in [0.1, 0.15) is 0 Å². The number of pyridine rings is 1. The van der Waals surface area contributed by atoms with Gasteiger partial charge in [0.05, 0.1) is 11.2 Å². The molecule has 1 amide bonds. The molecule has 0 unspecified atom stereocenters. The van der Waals surface area contributed by atoms with Gasteiger partial charge < -0.3 is 10.6 Å². The Kier molecular flexibility index (Phi) is 4.12. The Morgan fingerprint density at radius 2 is 2.18 bits per heavy atom. The van der Waals surface area contributed by atoms with Crippen molar-refractivity contribution in [3.05, 3.63) is 42.2 Å². The van der Waals surface area contributed by atoms with E-state index in [4.69, 9.17) is 0 Å². The van der Waals surface area contributed by atoms with Crippen LogP contribution in [0.1, 0.15) is 38.8 Å². The minimum absolute atomic E-state index is 0.0825. The monoisotopic (exact) mass is 297 g/mol. The van der Waals surface area contributed by atoms with Gasteiger partial charge in [-0.25, -0.2) is 0 Å². The lowest BCUT2D eigenvalue weighted by molar-refractivity contribution is -0.123. The van der Waals surface area contributed by atoms with Gasteiger partial charge in [-0.2, -0.15) is 0 Å². The summed E-state index contributed by atoms with van der Waals surface area (Å²) >= 11 is 0. The maximum atomic E-state index is 12.3. The molecule has 1 aromatic heterocycles. The normalized spacial score (nSPS) is 18.5. The van der Waals surface area contributed by atoms with Crippen LogP contribution in [0.3, 0.4) is 0 Å². The summed E-state index contributed by atoms with van der Waals surface area (Å²) in [7, 11) is 0. The third kappa shape index (κ3) is 3.12. The van der Waals surface area contributed by atoms with Crippen LogP contribution in [0.4, 0.5) is 0 Å². The minimum atomic E-state index is -0.490. The second kappa shape index (κ2) is 6.05. The number of hydrogen-bond acceptors (Lipinski definition) is 3. The molecule has 4 heteroatoms. The largest absolute Gasteiger partial charge is 0.346 e. The second-order valence-electron chi connectivity index (χ2n) is 6.55. The molecule has 2 N–H and O–H groups in total. The number of amides is 1. The maximum Gasteiger partial charge on any atom is 0.222 e. The number of nitrogens with one attached hydrogen (secondary N) is 2. The van der Waals surface area contributed by atoms with E-state index in [1.165, 1.54) is 0 Å². The van der Waals surface area contributed by atoms with Crippen LogP contribution in [-0.2, 0) is 10.3 Å². The SMILES string of the molecule is CC(C)(NC(=O)C[C@H]1CCCN1)c1nccc2ccccc12. The first-order valence-corrected chi connectivity index (χ1v) is 7.95. The van der Waals surface area contributed by atoms with E-state index in [1.807, 2.05) is 38.2 Å². The van der Waals surface area contributed by atoms with Crippen LogP contribution in [-0.4, -0.2) is 23.5 Å². The first-order chi connectivity index (χ1) is 10.6. The highest BCUT2D eigenvalue weighted by molar-refractivity contribution is 5.86. The Bertz CT molecular complexity index is 670. The van der Waals surface area contributed by atoms with Gasteiger partial charge in [-0.3, -0.25) is 9.78 Å². The summed E-state index contributed by atoms with van der Waals surface area (Å²) < 4.78 is 0. The Morgan fingerprint density at radius 3 is 2.95 bits per heavy atom. The van der Waals surface area contributed by atoms with Crippen molar-refractivity contribution in [1.82, 2.24) is 15.6 Å². The molecule has 1 aromatic carbocycles. The Labute approximate surface area is 131 Å². The minimum Gasteiger partial charge on any atom is -0.346 e. The van der Waals surface area contributed by atoms with Crippen LogP contribution in [0, 0.1) is 0 Å². The fourth-order valence-electron chi connectivity index (χ4n) is 3.23. The average Bonchev–Trinajstić information content (AvgIpc) is 2.98. The van der Waals surface area contributed by atoms with Gasteiger partial charge >= 0.3 is 0 Å². The zero-order valence-corrected chi connectivity index (χ0v) is 13.2. The van der Waals surface area contributed by atoms with E-state index in [0.717, 1.165) is 35.9 Å². The summed E-state index contributed by atoms with van der Waals surface area (Å²) in [5.41, 5.74) is 0.426. The van der Waals surface area contributed by atoms with Gasteiger partial charge in [-0.15, -0.1) is 0 Å². The van der Waals surface area contributed by atoms with E-state index in [9.17, 15) is 4.79 Å². The van der Waals surface area contributed by atoms with Gasteiger partial charge in [0, 0.05) is 24.0 Å². The first kappa shape index (κ1) is 15.0. The lowest BCUT2D eigenvalue weighted by Gasteiger charge is -2.27. The molecule has 1 aliphatic heterocycles. The van der Waals surface area contributed by atoms with Crippen molar-refractivity contribution in [3.8, 4) is 0 Å². The number of benzene rings is 1. The smallest absolute Gasteiger partial charge is 0.222 e. The highest BCUT2D eigenvalue weighted by Gasteiger charge is 2.27. The number of nitrogens with zero attached hydrogens (tertiary/aromatic N) is 1. The summed E-state index contributed by atoms with van der Waals surface area (Å²) in [5.74, 6) is 0.0825. The summed E-state index contributed by atoms with van der Waals surface area (Å²) in [6.07, 6.45) is 4.59. The number of carbonyl (C=O) groups is 1. The highest BCUT2D eigenvalue weighted by Crippen LogP contribution is 2.26. The lowest BCUT2D eigenvalue weighted by atomic mass is 9.94. The molecule has 1 atom stereocenters. The molecule has 0 spiro atoms. The molecular formula is C18H23N3O. The van der Waals surface area contributed by atoms with Crippen LogP contribution in [0.25, 0.3) is 10.8 Å². The predicted molar refractivity (Wildman–Crippen MR) is 88.6 cm³/mol. The number of carbonyl (C=O) groups excluding carboxylic acids is 1. The van der Waals surface area contributed by atoms with Crippen LogP contribution < -0.4 is 10.6 Å². The van der Waals surface area contributed by atoms with Gasteiger partial charge in [-0.1, -0.05) is 24.3 Å². The van der Waals surface area contributed by atoms with E-state index >= 15 is 0 Å². The van der Waals surface area contributed by atoms with Gasteiger partial charge in [0.15, 0.2) is 0 Å². The molecule has 22 heavy (non-hydrogen) atoms. The summed E-state index contributed by atoms with van der Waals surface area (Å²) in [5, 5.41) is 8.75. The van der Waals surface area contributed by atoms with Crippen molar-refractivity contribution < 1.29 is 4.79 Å². The fourth-order valence-corrected chi connectivity index (χ4v) is 3.23. The third-order valence-electron chi connectivity index (χ3n) is 4.31. The lowest BCUT2D eigenvalue weighted by Crippen LogP contribution is -2.43. The second-order valence-corrected chi connectivity index (χ2v) is 6.55. The summed E-state index contributed by atoms with van der Waals surface area (Å²) in [6, 6.07) is 10.5. The zero-order chi connectivity index (χ0) is 15.6. The molecule has 2 heterocycles. The number of fused-ring (bicyclic) bond motifs is 1. The Hall–Kier alpha value is -1.94. The molecule has 2 aromatic rings. The van der Waals surface area contributed by atoms with Crippen LogP contribution >= 0.6 is 0 Å². The van der Waals surface area contributed by atoms with Crippen molar-refractivity contribution in [2.45, 2.75) is 44.7 Å². The summed E-state index contributed by atoms with van der Waals surface area (Å²) in [6.45, 7) is 5.05. The van der Waals surface area contributed by atoms with Crippen LogP contribution in [0.5, 0.6) is 0 Å². The molecule has 0 aliphatic carbocycles. The Balaban J connectivity index is 1.80. The first-order valence-electron chi connectivity index (χ1n) is 7.95. The topological polar surface area (TPSA) is 54.0 Å². The maximum absolute atomic E-state index is 12.3.